The van der Waals surface area contributed by atoms with Crippen LogP contribution in [0.1, 0.15) is 31.1 Å². The summed E-state index contributed by atoms with van der Waals surface area (Å²) in [6, 6.07) is 19.4. The van der Waals surface area contributed by atoms with Gasteiger partial charge in [-0.3, -0.25) is 9.78 Å². The van der Waals surface area contributed by atoms with Gasteiger partial charge in [-0.15, -0.1) is 0 Å². The summed E-state index contributed by atoms with van der Waals surface area (Å²) >= 11 is 0. The number of aromatic nitrogens is 3. The van der Waals surface area contributed by atoms with Crippen LogP contribution in [0.4, 0.5) is 0 Å². The zero-order valence-corrected chi connectivity index (χ0v) is 26.2. The van der Waals surface area contributed by atoms with Crippen molar-refractivity contribution in [2.75, 3.05) is 13.2 Å². The second-order valence-electron chi connectivity index (χ2n) is 12.3. The minimum absolute atomic E-state index is 0.0862. The number of carboxylic acid groups (broad SMARTS) is 1. The highest BCUT2D eigenvalue weighted by atomic mass is 28.3. The second kappa shape index (κ2) is 12.8. The van der Waals surface area contributed by atoms with Crippen LogP contribution in [-0.4, -0.2) is 52.7 Å². The minimum atomic E-state index is -1.23. The van der Waals surface area contributed by atoms with Crippen molar-refractivity contribution in [3.63, 3.8) is 0 Å². The number of ketones is 1. The topological polar surface area (TPSA) is 104 Å². The average Bonchev–Trinajstić information content (AvgIpc) is 3.38. The van der Waals surface area contributed by atoms with Crippen LogP contribution in [0.2, 0.25) is 25.7 Å². The lowest BCUT2D eigenvalue weighted by Crippen LogP contribution is -2.28. The Hall–Kier alpha value is -4.08. The van der Waals surface area contributed by atoms with Gasteiger partial charge in [-0.2, -0.15) is 0 Å². The fourth-order valence-electron chi connectivity index (χ4n) is 4.02. The molecule has 0 atom stereocenters. The first-order chi connectivity index (χ1) is 19.8. The molecule has 9 heteroatoms. The standard InChI is InChI=1S/C33H39N3O5Si/c1-23(37)33(2,3)21-41-28-13-10-24(11-14-28)29-15-12-27(19-34-29)31-35-30(25-8-7-9-26(18-25)32(38)39)20-36(31)22-40-16-17-42(4,5)6/h7-15,18-20H,16-17,21-22H2,1-6H3,(H,38,39). The van der Waals surface area contributed by atoms with E-state index in [9.17, 15) is 14.7 Å². The fraction of sp³-hybridized carbons (Fsp3) is 0.333. The maximum absolute atomic E-state index is 11.8. The Labute approximate surface area is 248 Å². The lowest BCUT2D eigenvalue weighted by atomic mass is 9.90. The molecule has 0 saturated carbocycles. The van der Waals surface area contributed by atoms with Crippen molar-refractivity contribution in [1.29, 1.82) is 0 Å². The first-order valence-electron chi connectivity index (χ1n) is 14.0. The van der Waals surface area contributed by atoms with E-state index in [4.69, 9.17) is 19.4 Å². The average molecular weight is 586 g/mol. The smallest absolute Gasteiger partial charge is 0.335 e. The normalized spacial score (nSPS) is 11.9. The van der Waals surface area contributed by atoms with E-state index in [1.165, 1.54) is 0 Å². The first-order valence-corrected chi connectivity index (χ1v) is 17.7. The number of hydrogen-bond acceptors (Lipinski definition) is 6. The van der Waals surface area contributed by atoms with Crippen LogP contribution >= 0.6 is 0 Å². The van der Waals surface area contributed by atoms with Crippen LogP contribution in [0, 0.1) is 5.41 Å². The van der Waals surface area contributed by atoms with Gasteiger partial charge >= 0.3 is 5.97 Å². The van der Waals surface area contributed by atoms with Crippen LogP contribution < -0.4 is 4.74 Å². The molecule has 2 heterocycles. The number of carboxylic acids is 1. The summed E-state index contributed by atoms with van der Waals surface area (Å²) < 4.78 is 13.8. The van der Waals surface area contributed by atoms with Gasteiger partial charge in [0.25, 0.3) is 0 Å². The number of pyridine rings is 1. The molecule has 0 saturated heterocycles. The first kappa shape index (κ1) is 30.9. The summed E-state index contributed by atoms with van der Waals surface area (Å²) in [4.78, 5) is 32.9. The van der Waals surface area contributed by atoms with Gasteiger partial charge < -0.3 is 19.1 Å². The predicted octanol–water partition coefficient (Wildman–Crippen LogP) is 7.28. The summed E-state index contributed by atoms with van der Waals surface area (Å²) in [6.07, 6.45) is 3.68. The summed E-state index contributed by atoms with van der Waals surface area (Å²) in [5.41, 5.74) is 3.60. The predicted molar refractivity (Wildman–Crippen MR) is 167 cm³/mol. The van der Waals surface area contributed by atoms with Gasteiger partial charge in [-0.1, -0.05) is 31.8 Å². The Morgan fingerprint density at radius 3 is 2.29 bits per heavy atom. The van der Waals surface area contributed by atoms with Crippen LogP contribution in [0.15, 0.2) is 73.1 Å². The monoisotopic (exact) mass is 585 g/mol. The van der Waals surface area contributed by atoms with Gasteiger partial charge in [0.1, 0.15) is 30.7 Å². The van der Waals surface area contributed by atoms with Gasteiger partial charge in [0, 0.05) is 43.8 Å². The highest BCUT2D eigenvalue weighted by Crippen LogP contribution is 2.28. The maximum atomic E-state index is 11.8. The summed E-state index contributed by atoms with van der Waals surface area (Å²) in [6.45, 7) is 13.6. The molecule has 220 valence electrons. The molecule has 0 bridgehead atoms. The van der Waals surface area contributed by atoms with Crippen LogP contribution in [0.3, 0.4) is 0 Å². The molecule has 0 aliphatic rings. The van der Waals surface area contributed by atoms with E-state index in [0.29, 0.717) is 37.2 Å². The third-order valence-corrected chi connectivity index (χ3v) is 8.84. The van der Waals surface area contributed by atoms with Crippen molar-refractivity contribution < 1.29 is 24.2 Å². The zero-order valence-electron chi connectivity index (χ0n) is 25.2. The number of carbonyl (C=O) groups is 2. The molecule has 0 aliphatic heterocycles. The van der Waals surface area contributed by atoms with E-state index in [-0.39, 0.29) is 11.3 Å². The molecule has 8 nitrogen and oxygen atoms in total. The molecule has 4 aromatic rings. The Kier molecular flexibility index (Phi) is 9.43. The van der Waals surface area contributed by atoms with Gasteiger partial charge in [0.2, 0.25) is 0 Å². The number of Topliss-reactive ketones (excluding diaryl/α,β-unsaturated/α-hetero) is 1. The van der Waals surface area contributed by atoms with E-state index in [1.54, 1.807) is 31.3 Å². The van der Waals surface area contributed by atoms with E-state index < -0.39 is 19.5 Å². The van der Waals surface area contributed by atoms with Gasteiger partial charge in [0.05, 0.1) is 22.4 Å². The summed E-state index contributed by atoms with van der Waals surface area (Å²) in [5.74, 6) is 0.489. The van der Waals surface area contributed by atoms with Crippen LogP contribution in [0.25, 0.3) is 33.9 Å². The van der Waals surface area contributed by atoms with Gasteiger partial charge in [-0.25, -0.2) is 9.78 Å². The third-order valence-electron chi connectivity index (χ3n) is 7.13. The van der Waals surface area contributed by atoms with E-state index in [2.05, 4.69) is 19.6 Å². The molecule has 2 aromatic carbocycles. The number of nitrogens with zero attached hydrogens (tertiary/aromatic N) is 3. The second-order valence-corrected chi connectivity index (χ2v) is 18.0. The van der Waals surface area contributed by atoms with Crippen molar-refractivity contribution in [2.24, 2.45) is 5.41 Å². The molecule has 1 N–H and O–H groups in total. The number of ether oxygens (including phenoxy) is 2. The number of benzene rings is 2. The molecule has 0 aliphatic carbocycles. The Balaban J connectivity index is 1.56. The SMILES string of the molecule is CC(=O)C(C)(C)COc1ccc(-c2ccc(-c3nc(-c4cccc(C(=O)O)c4)cn3COCC[Si](C)(C)C)cn2)cc1. The zero-order chi connectivity index (χ0) is 30.5. The van der Waals surface area contributed by atoms with Crippen molar-refractivity contribution in [3.8, 4) is 39.7 Å². The Morgan fingerprint density at radius 2 is 1.67 bits per heavy atom. The molecule has 2 aromatic heterocycles. The molecule has 0 radical (unpaired) electrons. The Morgan fingerprint density at radius 1 is 0.952 bits per heavy atom. The van der Waals surface area contributed by atoms with Gasteiger partial charge in [0.15, 0.2) is 0 Å². The van der Waals surface area contributed by atoms with Crippen LogP contribution in [0.5, 0.6) is 5.75 Å². The largest absolute Gasteiger partial charge is 0.493 e. The number of hydrogen-bond donors (Lipinski definition) is 1. The molecular formula is C33H39N3O5Si. The lowest BCUT2D eigenvalue weighted by molar-refractivity contribution is -0.126. The van der Waals surface area contributed by atoms with Crippen molar-refractivity contribution in [2.45, 2.75) is 53.2 Å². The van der Waals surface area contributed by atoms with E-state index >= 15 is 0 Å². The summed E-state index contributed by atoms with van der Waals surface area (Å²) in [7, 11) is -1.23. The lowest BCUT2D eigenvalue weighted by Gasteiger charge is -2.21. The minimum Gasteiger partial charge on any atom is -0.493 e. The van der Waals surface area contributed by atoms with Crippen molar-refractivity contribution >= 4 is 19.8 Å². The number of aromatic carboxylic acids is 1. The summed E-state index contributed by atoms with van der Waals surface area (Å²) in [5, 5.41) is 9.45. The highest BCUT2D eigenvalue weighted by Gasteiger charge is 2.24. The highest BCUT2D eigenvalue weighted by molar-refractivity contribution is 6.76. The molecule has 0 spiro atoms. The number of rotatable bonds is 13. The van der Waals surface area contributed by atoms with Crippen molar-refractivity contribution in [1.82, 2.24) is 14.5 Å². The fourth-order valence-corrected chi connectivity index (χ4v) is 4.78. The molecule has 0 amide bonds. The third kappa shape index (κ3) is 8.01. The molecular weight excluding hydrogens is 546 g/mol. The van der Waals surface area contributed by atoms with Gasteiger partial charge in [-0.05, 0) is 75.3 Å². The van der Waals surface area contributed by atoms with E-state index in [1.807, 2.05) is 67.1 Å². The molecule has 4 rings (SSSR count). The van der Waals surface area contributed by atoms with Crippen molar-refractivity contribution in [3.05, 3.63) is 78.6 Å². The van der Waals surface area contributed by atoms with E-state index in [0.717, 1.165) is 28.4 Å². The molecule has 42 heavy (non-hydrogen) atoms. The Bertz CT molecular complexity index is 1540. The molecule has 0 fully saturated rings. The quantitative estimate of drug-likeness (QED) is 0.130. The number of imidazole rings is 1. The van der Waals surface area contributed by atoms with Crippen LogP contribution in [-0.2, 0) is 16.3 Å². The molecule has 0 unspecified atom stereocenters. The maximum Gasteiger partial charge on any atom is 0.335 e. The number of carbonyl (C=O) groups excluding carboxylic acids is 1.